The Kier molecular flexibility index (Phi) is 5.35. The molecule has 2 N–H and O–H groups in total. The molecule has 0 atom stereocenters. The van der Waals surface area contributed by atoms with Crippen molar-refractivity contribution in [2.24, 2.45) is 0 Å². The first kappa shape index (κ1) is 16.8. The fraction of sp³-hybridized carbons (Fsp3) is 0.556. The van der Waals surface area contributed by atoms with Crippen LogP contribution in [0.25, 0.3) is 10.9 Å². The highest BCUT2D eigenvalue weighted by Gasteiger charge is 2.23. The van der Waals surface area contributed by atoms with Gasteiger partial charge in [0.1, 0.15) is 5.75 Å². The van der Waals surface area contributed by atoms with Crippen molar-refractivity contribution in [2.75, 3.05) is 13.7 Å². The van der Waals surface area contributed by atoms with Crippen LogP contribution in [-0.2, 0) is 9.53 Å². The number of hydrogen-bond donors (Lipinski definition) is 2. The topological polar surface area (TPSA) is 76.2 Å². The van der Waals surface area contributed by atoms with E-state index in [2.05, 4.69) is 27.2 Å². The van der Waals surface area contributed by atoms with Gasteiger partial charge in [0.15, 0.2) is 0 Å². The first-order chi connectivity index (χ1) is 11.7. The Morgan fingerprint density at radius 2 is 2.12 bits per heavy atom. The standard InChI is InChI=1S/C18H25N3O3/c1-12-15-11-20-21-16(15)7-8-17(12)24-14-5-3-13(4-6-14)19-10-9-18(22)23-2/h7-8,11,13-14,19H,3-6,9-10H2,1-2H3,(H,20,21). The average molecular weight is 331 g/mol. The van der Waals surface area contributed by atoms with Crippen molar-refractivity contribution in [3.63, 3.8) is 0 Å². The molecule has 3 rings (SSSR count). The lowest BCUT2D eigenvalue weighted by Crippen LogP contribution is -2.37. The molecule has 0 unspecified atom stereocenters. The van der Waals surface area contributed by atoms with E-state index in [0.717, 1.165) is 47.9 Å². The molecule has 6 heteroatoms. The quantitative estimate of drug-likeness (QED) is 0.796. The van der Waals surface area contributed by atoms with Crippen LogP contribution in [0.1, 0.15) is 37.7 Å². The summed E-state index contributed by atoms with van der Waals surface area (Å²) in [5.41, 5.74) is 2.18. The zero-order valence-corrected chi connectivity index (χ0v) is 14.3. The fourth-order valence-corrected chi connectivity index (χ4v) is 3.31. The van der Waals surface area contributed by atoms with Crippen LogP contribution in [0.2, 0.25) is 0 Å². The molecule has 24 heavy (non-hydrogen) atoms. The molecule has 1 aromatic heterocycles. The van der Waals surface area contributed by atoms with E-state index >= 15 is 0 Å². The van der Waals surface area contributed by atoms with Gasteiger partial charge in [-0.25, -0.2) is 0 Å². The van der Waals surface area contributed by atoms with Crippen LogP contribution >= 0.6 is 0 Å². The van der Waals surface area contributed by atoms with Crippen molar-refractivity contribution in [3.8, 4) is 5.75 Å². The van der Waals surface area contributed by atoms with E-state index in [0.29, 0.717) is 19.0 Å². The number of nitrogens with one attached hydrogen (secondary N) is 2. The van der Waals surface area contributed by atoms with Crippen molar-refractivity contribution >= 4 is 16.9 Å². The van der Waals surface area contributed by atoms with Gasteiger partial charge in [-0.3, -0.25) is 9.89 Å². The van der Waals surface area contributed by atoms with Gasteiger partial charge in [0, 0.05) is 23.5 Å². The van der Waals surface area contributed by atoms with Crippen molar-refractivity contribution in [2.45, 2.75) is 51.2 Å². The van der Waals surface area contributed by atoms with Gasteiger partial charge in [0.05, 0.1) is 31.3 Å². The molecule has 0 aliphatic heterocycles. The van der Waals surface area contributed by atoms with Gasteiger partial charge in [-0.1, -0.05) is 0 Å². The van der Waals surface area contributed by atoms with E-state index in [4.69, 9.17) is 4.74 Å². The normalized spacial score (nSPS) is 20.9. The summed E-state index contributed by atoms with van der Waals surface area (Å²) < 4.78 is 10.9. The largest absolute Gasteiger partial charge is 0.490 e. The number of ether oxygens (including phenoxy) is 2. The van der Waals surface area contributed by atoms with E-state index in [1.54, 1.807) is 0 Å². The second kappa shape index (κ2) is 7.66. The second-order valence-corrected chi connectivity index (χ2v) is 6.39. The van der Waals surface area contributed by atoms with Gasteiger partial charge >= 0.3 is 5.97 Å². The zero-order valence-electron chi connectivity index (χ0n) is 14.3. The number of carbonyl (C=O) groups is 1. The predicted molar refractivity (Wildman–Crippen MR) is 92.1 cm³/mol. The lowest BCUT2D eigenvalue weighted by atomic mass is 9.92. The van der Waals surface area contributed by atoms with Gasteiger partial charge in [-0.05, 0) is 44.7 Å². The number of rotatable bonds is 6. The molecule has 0 bridgehead atoms. The van der Waals surface area contributed by atoms with E-state index in [9.17, 15) is 4.79 Å². The van der Waals surface area contributed by atoms with Crippen molar-refractivity contribution in [3.05, 3.63) is 23.9 Å². The van der Waals surface area contributed by atoms with Crippen LogP contribution in [0.15, 0.2) is 18.3 Å². The number of hydrogen-bond acceptors (Lipinski definition) is 5. The smallest absolute Gasteiger partial charge is 0.306 e. The van der Waals surface area contributed by atoms with Crippen LogP contribution in [-0.4, -0.2) is 42.0 Å². The number of aryl methyl sites for hydroxylation is 1. The molecular weight excluding hydrogens is 306 g/mol. The monoisotopic (exact) mass is 331 g/mol. The van der Waals surface area contributed by atoms with E-state index in [1.165, 1.54) is 7.11 Å². The number of H-pyrrole nitrogens is 1. The molecular formula is C18H25N3O3. The Morgan fingerprint density at radius 1 is 1.33 bits per heavy atom. The Labute approximate surface area is 141 Å². The SMILES string of the molecule is COC(=O)CCNC1CCC(Oc2ccc3[nH]ncc3c2C)CC1. The molecule has 6 nitrogen and oxygen atoms in total. The molecule has 0 saturated heterocycles. The zero-order chi connectivity index (χ0) is 16.9. The third-order valence-corrected chi connectivity index (χ3v) is 4.80. The third-order valence-electron chi connectivity index (χ3n) is 4.80. The number of benzene rings is 1. The average Bonchev–Trinajstić information content (AvgIpc) is 3.08. The summed E-state index contributed by atoms with van der Waals surface area (Å²) in [6, 6.07) is 4.51. The Balaban J connectivity index is 1.48. The van der Waals surface area contributed by atoms with Crippen molar-refractivity contribution < 1.29 is 14.3 Å². The van der Waals surface area contributed by atoms with Gasteiger partial charge < -0.3 is 14.8 Å². The maximum Gasteiger partial charge on any atom is 0.306 e. The maximum absolute atomic E-state index is 11.1. The van der Waals surface area contributed by atoms with Gasteiger partial charge in [0.25, 0.3) is 0 Å². The van der Waals surface area contributed by atoms with Gasteiger partial charge in [-0.2, -0.15) is 5.10 Å². The number of aromatic nitrogens is 2. The molecule has 0 amide bonds. The summed E-state index contributed by atoms with van der Waals surface area (Å²) in [4.78, 5) is 11.1. The minimum Gasteiger partial charge on any atom is -0.490 e. The molecule has 1 saturated carbocycles. The molecule has 0 spiro atoms. The number of esters is 1. The molecule has 130 valence electrons. The minimum absolute atomic E-state index is 0.162. The third kappa shape index (κ3) is 3.87. The van der Waals surface area contributed by atoms with Crippen LogP contribution in [0.5, 0.6) is 5.75 Å². The first-order valence-corrected chi connectivity index (χ1v) is 8.57. The maximum atomic E-state index is 11.1. The summed E-state index contributed by atoms with van der Waals surface area (Å²) in [6.45, 7) is 2.76. The lowest BCUT2D eigenvalue weighted by Gasteiger charge is -2.30. The highest BCUT2D eigenvalue weighted by molar-refractivity contribution is 5.83. The van der Waals surface area contributed by atoms with E-state index in [-0.39, 0.29) is 12.1 Å². The summed E-state index contributed by atoms with van der Waals surface area (Å²) in [6.07, 6.45) is 6.72. The predicted octanol–water partition coefficient (Wildman–Crippen LogP) is 2.71. The van der Waals surface area contributed by atoms with Crippen molar-refractivity contribution in [1.29, 1.82) is 0 Å². The molecule has 1 aliphatic carbocycles. The summed E-state index contributed by atoms with van der Waals surface area (Å²) >= 11 is 0. The fourth-order valence-electron chi connectivity index (χ4n) is 3.31. The van der Waals surface area contributed by atoms with Gasteiger partial charge in [0.2, 0.25) is 0 Å². The molecule has 0 radical (unpaired) electrons. The lowest BCUT2D eigenvalue weighted by molar-refractivity contribution is -0.140. The minimum atomic E-state index is -0.162. The highest BCUT2D eigenvalue weighted by atomic mass is 16.5. The van der Waals surface area contributed by atoms with Crippen LogP contribution < -0.4 is 10.1 Å². The first-order valence-electron chi connectivity index (χ1n) is 8.57. The Hall–Kier alpha value is -2.08. The highest BCUT2D eigenvalue weighted by Crippen LogP contribution is 2.29. The Morgan fingerprint density at radius 3 is 2.88 bits per heavy atom. The number of methoxy groups -OCH3 is 1. The van der Waals surface area contributed by atoms with Crippen LogP contribution in [0.3, 0.4) is 0 Å². The number of aromatic amines is 1. The van der Waals surface area contributed by atoms with Gasteiger partial charge in [-0.15, -0.1) is 0 Å². The number of nitrogens with zero attached hydrogens (tertiary/aromatic N) is 1. The van der Waals surface area contributed by atoms with E-state index in [1.807, 2.05) is 18.3 Å². The van der Waals surface area contributed by atoms with E-state index < -0.39 is 0 Å². The molecule has 1 fully saturated rings. The summed E-state index contributed by atoms with van der Waals surface area (Å²) in [7, 11) is 1.42. The Bertz CT molecular complexity index is 690. The van der Waals surface area contributed by atoms with Crippen molar-refractivity contribution in [1.82, 2.24) is 15.5 Å². The van der Waals surface area contributed by atoms with Crippen LogP contribution in [0, 0.1) is 6.92 Å². The summed E-state index contributed by atoms with van der Waals surface area (Å²) in [5, 5.41) is 11.6. The summed E-state index contributed by atoms with van der Waals surface area (Å²) in [5.74, 6) is 0.788. The molecule has 1 aromatic carbocycles. The number of carbonyl (C=O) groups excluding carboxylic acids is 1. The van der Waals surface area contributed by atoms with Crippen LogP contribution in [0.4, 0.5) is 0 Å². The second-order valence-electron chi connectivity index (χ2n) is 6.39. The molecule has 1 aliphatic rings. The molecule has 2 aromatic rings. The molecule has 1 heterocycles. The number of fused-ring (bicyclic) bond motifs is 1.